The second-order valence-corrected chi connectivity index (χ2v) is 6.17. The molecule has 1 aromatic carbocycles. The molecule has 0 aliphatic heterocycles. The highest BCUT2D eigenvalue weighted by Crippen LogP contribution is 2.21. The van der Waals surface area contributed by atoms with Crippen LogP contribution in [0.3, 0.4) is 0 Å². The predicted octanol–water partition coefficient (Wildman–Crippen LogP) is 1.36. The van der Waals surface area contributed by atoms with Crippen molar-refractivity contribution in [3.8, 4) is 0 Å². The zero-order chi connectivity index (χ0) is 15.3. The Morgan fingerprint density at radius 2 is 2.10 bits per heavy atom. The van der Waals surface area contributed by atoms with Crippen molar-refractivity contribution in [3.63, 3.8) is 0 Å². The van der Waals surface area contributed by atoms with Gasteiger partial charge in [-0.15, -0.1) is 0 Å². The molecule has 0 fully saturated rings. The molecule has 4 N–H and O–H groups in total. The van der Waals surface area contributed by atoms with Crippen LogP contribution >= 0.6 is 0 Å². The Bertz CT molecular complexity index is 586. The molecule has 0 saturated carbocycles. The van der Waals surface area contributed by atoms with Gasteiger partial charge in [0.25, 0.3) is 0 Å². The zero-order valence-electron chi connectivity index (χ0n) is 11.5. The summed E-state index contributed by atoms with van der Waals surface area (Å²) in [4.78, 5) is 11.1. The van der Waals surface area contributed by atoms with Crippen molar-refractivity contribution in [3.05, 3.63) is 23.8 Å². The molecular formula is C12H19N3O4S. The van der Waals surface area contributed by atoms with Gasteiger partial charge in [-0.2, -0.15) is 12.7 Å². The fraction of sp³-hybridized carbons (Fsp3) is 0.417. The van der Waals surface area contributed by atoms with E-state index in [0.29, 0.717) is 6.54 Å². The number of hydrogen-bond acceptors (Lipinski definition) is 4. The maximum absolute atomic E-state index is 12.1. The maximum atomic E-state index is 12.1. The molecule has 0 aromatic heterocycles. The summed E-state index contributed by atoms with van der Waals surface area (Å²) >= 11 is 0. The average molecular weight is 301 g/mol. The number of unbranched alkanes of at least 4 members (excludes halogenated alkanes) is 1. The standard InChI is InChI=1S/C12H19N3O4S/c1-3-4-7-15(2)20(18,19)14-11-6-5-9(13)8-10(11)12(16)17/h5-6,8,14H,3-4,7,13H2,1-2H3,(H,16,17). The van der Waals surface area contributed by atoms with Crippen LogP contribution in [0.1, 0.15) is 30.1 Å². The molecule has 20 heavy (non-hydrogen) atoms. The Morgan fingerprint density at radius 1 is 1.45 bits per heavy atom. The molecule has 0 spiro atoms. The van der Waals surface area contributed by atoms with E-state index in [9.17, 15) is 13.2 Å². The summed E-state index contributed by atoms with van der Waals surface area (Å²) < 4.78 is 27.5. The molecule has 7 nitrogen and oxygen atoms in total. The van der Waals surface area contributed by atoms with E-state index in [2.05, 4.69) is 4.72 Å². The number of hydrogen-bond donors (Lipinski definition) is 3. The Morgan fingerprint density at radius 3 is 2.65 bits per heavy atom. The zero-order valence-corrected chi connectivity index (χ0v) is 12.3. The summed E-state index contributed by atoms with van der Waals surface area (Å²) in [5, 5.41) is 9.06. The van der Waals surface area contributed by atoms with Gasteiger partial charge in [-0.25, -0.2) is 4.79 Å². The highest BCUT2D eigenvalue weighted by molar-refractivity contribution is 7.90. The van der Waals surface area contributed by atoms with Crippen LogP contribution < -0.4 is 10.5 Å². The fourth-order valence-electron chi connectivity index (χ4n) is 1.55. The third-order valence-electron chi connectivity index (χ3n) is 2.75. The first kappa shape index (κ1) is 16.3. The highest BCUT2D eigenvalue weighted by Gasteiger charge is 2.20. The first-order valence-electron chi connectivity index (χ1n) is 6.15. The van der Waals surface area contributed by atoms with E-state index < -0.39 is 16.2 Å². The molecule has 1 rings (SSSR count). The number of carboxylic acid groups (broad SMARTS) is 1. The minimum Gasteiger partial charge on any atom is -0.478 e. The van der Waals surface area contributed by atoms with E-state index in [4.69, 9.17) is 10.8 Å². The molecule has 0 atom stereocenters. The van der Waals surface area contributed by atoms with Gasteiger partial charge in [0.2, 0.25) is 0 Å². The van der Waals surface area contributed by atoms with Gasteiger partial charge in [0.05, 0.1) is 11.3 Å². The van der Waals surface area contributed by atoms with E-state index >= 15 is 0 Å². The van der Waals surface area contributed by atoms with Gasteiger partial charge in [-0.1, -0.05) is 13.3 Å². The van der Waals surface area contributed by atoms with Gasteiger partial charge in [0.1, 0.15) is 0 Å². The molecule has 0 amide bonds. The fourth-order valence-corrected chi connectivity index (χ4v) is 2.53. The normalized spacial score (nSPS) is 11.6. The number of carboxylic acids is 1. The van der Waals surface area contributed by atoms with E-state index in [-0.39, 0.29) is 16.9 Å². The topological polar surface area (TPSA) is 113 Å². The van der Waals surface area contributed by atoms with Crippen molar-refractivity contribution < 1.29 is 18.3 Å². The molecule has 0 aliphatic carbocycles. The highest BCUT2D eigenvalue weighted by atomic mass is 32.2. The second kappa shape index (κ2) is 6.58. The van der Waals surface area contributed by atoms with Crippen molar-refractivity contribution in [1.29, 1.82) is 0 Å². The average Bonchev–Trinajstić information content (AvgIpc) is 2.37. The van der Waals surface area contributed by atoms with Crippen LogP contribution in [-0.2, 0) is 10.2 Å². The predicted molar refractivity (Wildman–Crippen MR) is 77.9 cm³/mol. The van der Waals surface area contributed by atoms with Crippen LogP contribution in [0.2, 0.25) is 0 Å². The Balaban J connectivity index is 3.00. The number of nitrogen functional groups attached to an aromatic ring is 1. The first-order chi connectivity index (χ1) is 9.27. The monoisotopic (exact) mass is 301 g/mol. The van der Waals surface area contributed by atoms with Crippen molar-refractivity contribution in [2.45, 2.75) is 19.8 Å². The first-order valence-corrected chi connectivity index (χ1v) is 7.59. The molecule has 0 aliphatic rings. The maximum Gasteiger partial charge on any atom is 0.337 e. The molecular weight excluding hydrogens is 282 g/mol. The smallest absolute Gasteiger partial charge is 0.337 e. The number of nitrogens with zero attached hydrogens (tertiary/aromatic N) is 1. The Hall–Kier alpha value is -1.80. The van der Waals surface area contributed by atoms with Crippen LogP contribution in [0.5, 0.6) is 0 Å². The van der Waals surface area contributed by atoms with Gasteiger partial charge in [0.15, 0.2) is 0 Å². The lowest BCUT2D eigenvalue weighted by molar-refractivity contribution is 0.0698. The third-order valence-corrected chi connectivity index (χ3v) is 4.23. The van der Waals surface area contributed by atoms with E-state index in [1.165, 1.54) is 25.2 Å². The van der Waals surface area contributed by atoms with Crippen molar-refractivity contribution in [2.75, 3.05) is 24.0 Å². The molecule has 0 unspecified atom stereocenters. The Kier molecular flexibility index (Phi) is 5.34. The van der Waals surface area contributed by atoms with Crippen molar-refractivity contribution in [2.24, 2.45) is 0 Å². The van der Waals surface area contributed by atoms with Crippen LogP contribution in [0, 0.1) is 0 Å². The number of anilines is 2. The van der Waals surface area contributed by atoms with Crippen LogP contribution in [0.4, 0.5) is 11.4 Å². The van der Waals surface area contributed by atoms with Crippen LogP contribution in [0.15, 0.2) is 18.2 Å². The molecule has 0 saturated heterocycles. The van der Waals surface area contributed by atoms with Gasteiger partial charge >= 0.3 is 16.2 Å². The minimum atomic E-state index is -3.78. The van der Waals surface area contributed by atoms with Crippen molar-refractivity contribution >= 4 is 27.6 Å². The Labute approximate surface area is 118 Å². The van der Waals surface area contributed by atoms with Gasteiger partial charge in [0, 0.05) is 19.3 Å². The molecule has 8 heteroatoms. The summed E-state index contributed by atoms with van der Waals surface area (Å²) in [6.45, 7) is 2.32. The number of rotatable bonds is 7. The van der Waals surface area contributed by atoms with E-state index in [1.54, 1.807) is 0 Å². The van der Waals surface area contributed by atoms with Crippen LogP contribution in [0.25, 0.3) is 0 Å². The molecule has 0 radical (unpaired) electrons. The van der Waals surface area contributed by atoms with Crippen LogP contribution in [-0.4, -0.2) is 37.4 Å². The number of carbonyl (C=O) groups is 1. The van der Waals surface area contributed by atoms with E-state index in [1.807, 2.05) is 6.92 Å². The van der Waals surface area contributed by atoms with E-state index in [0.717, 1.165) is 17.1 Å². The minimum absolute atomic E-state index is 0.00458. The lowest BCUT2D eigenvalue weighted by Gasteiger charge is -2.19. The number of benzene rings is 1. The summed E-state index contributed by atoms with van der Waals surface area (Å²) in [5.74, 6) is -1.24. The molecule has 0 heterocycles. The quantitative estimate of drug-likeness (QED) is 0.658. The second-order valence-electron chi connectivity index (χ2n) is 4.39. The van der Waals surface area contributed by atoms with Gasteiger partial charge < -0.3 is 10.8 Å². The van der Waals surface area contributed by atoms with Crippen molar-refractivity contribution in [1.82, 2.24) is 4.31 Å². The summed E-state index contributed by atoms with van der Waals surface area (Å²) in [6, 6.07) is 3.99. The number of nitrogens with one attached hydrogen (secondary N) is 1. The number of nitrogens with two attached hydrogens (primary N) is 1. The summed E-state index contributed by atoms with van der Waals surface area (Å²) in [7, 11) is -2.34. The largest absolute Gasteiger partial charge is 0.478 e. The SMILES string of the molecule is CCCCN(C)S(=O)(=O)Nc1ccc(N)cc1C(=O)O. The lowest BCUT2D eigenvalue weighted by Crippen LogP contribution is -2.33. The molecule has 112 valence electrons. The summed E-state index contributed by atoms with van der Waals surface area (Å²) in [5.41, 5.74) is 5.57. The van der Waals surface area contributed by atoms with Gasteiger partial charge in [-0.05, 0) is 24.6 Å². The molecule has 0 bridgehead atoms. The van der Waals surface area contributed by atoms with Gasteiger partial charge in [-0.3, -0.25) is 4.72 Å². The lowest BCUT2D eigenvalue weighted by atomic mass is 10.1. The third kappa shape index (κ3) is 4.10. The molecule has 1 aromatic rings. The summed E-state index contributed by atoms with van der Waals surface area (Å²) in [6.07, 6.45) is 1.59. The number of aromatic carboxylic acids is 1.